The van der Waals surface area contributed by atoms with Gasteiger partial charge in [0.1, 0.15) is 0 Å². The topological polar surface area (TPSA) is 64.7 Å². The average molecular weight is 443 g/mol. The first kappa shape index (κ1) is 22.4. The number of carbonyl (C=O) groups is 2. The standard InChI is InChI=1S/C27H30N4O2/c1-30(2)23-14-12-22(13-15-23)25(31-17-16-21-10-6-7-11-24(21)31)19-29-27(33)26(32)28-18-20-8-4-3-5-9-20/h3-15,25H,16-19H2,1-2H3,(H,28,32)(H,29,33). The Hall–Kier alpha value is -3.80. The molecule has 2 N–H and O–H groups in total. The smallest absolute Gasteiger partial charge is 0.309 e. The van der Waals surface area contributed by atoms with Crippen molar-refractivity contribution in [1.29, 1.82) is 0 Å². The van der Waals surface area contributed by atoms with Gasteiger partial charge in [-0.05, 0) is 41.3 Å². The van der Waals surface area contributed by atoms with Crippen LogP contribution in [0.4, 0.5) is 11.4 Å². The van der Waals surface area contributed by atoms with Crippen molar-refractivity contribution in [2.24, 2.45) is 0 Å². The Morgan fingerprint density at radius 2 is 1.55 bits per heavy atom. The van der Waals surface area contributed by atoms with Crippen molar-refractivity contribution in [3.63, 3.8) is 0 Å². The van der Waals surface area contributed by atoms with Crippen LogP contribution in [0.1, 0.15) is 22.7 Å². The van der Waals surface area contributed by atoms with E-state index in [4.69, 9.17) is 0 Å². The predicted molar refractivity (Wildman–Crippen MR) is 132 cm³/mol. The van der Waals surface area contributed by atoms with Crippen molar-refractivity contribution in [3.05, 3.63) is 95.6 Å². The molecule has 6 nitrogen and oxygen atoms in total. The Kier molecular flexibility index (Phi) is 6.93. The fourth-order valence-electron chi connectivity index (χ4n) is 4.22. The number of para-hydroxylation sites is 1. The lowest BCUT2D eigenvalue weighted by atomic mass is 10.0. The summed E-state index contributed by atoms with van der Waals surface area (Å²) in [7, 11) is 4.02. The lowest BCUT2D eigenvalue weighted by Gasteiger charge is -2.31. The van der Waals surface area contributed by atoms with E-state index in [1.54, 1.807) is 0 Å². The summed E-state index contributed by atoms with van der Waals surface area (Å²) in [5, 5.41) is 5.56. The van der Waals surface area contributed by atoms with E-state index in [1.807, 2.05) is 50.5 Å². The maximum Gasteiger partial charge on any atom is 0.309 e. The van der Waals surface area contributed by atoms with E-state index in [-0.39, 0.29) is 6.04 Å². The number of carbonyl (C=O) groups excluding carboxylic acids is 2. The molecule has 0 radical (unpaired) electrons. The highest BCUT2D eigenvalue weighted by Gasteiger charge is 2.28. The molecule has 0 aliphatic carbocycles. The van der Waals surface area contributed by atoms with Crippen molar-refractivity contribution in [2.45, 2.75) is 19.0 Å². The van der Waals surface area contributed by atoms with E-state index in [1.165, 1.54) is 11.3 Å². The minimum Gasteiger partial charge on any atom is -0.378 e. The minimum atomic E-state index is -0.623. The zero-order valence-corrected chi connectivity index (χ0v) is 19.1. The highest BCUT2D eigenvalue weighted by Crippen LogP contribution is 2.35. The first-order chi connectivity index (χ1) is 16.0. The summed E-state index contributed by atoms with van der Waals surface area (Å²) >= 11 is 0. The van der Waals surface area contributed by atoms with E-state index >= 15 is 0 Å². The van der Waals surface area contributed by atoms with Crippen molar-refractivity contribution in [1.82, 2.24) is 10.6 Å². The molecule has 0 bridgehead atoms. The van der Waals surface area contributed by atoms with Gasteiger partial charge in [-0.25, -0.2) is 0 Å². The average Bonchev–Trinajstić information content (AvgIpc) is 3.27. The zero-order chi connectivity index (χ0) is 23.2. The first-order valence-corrected chi connectivity index (χ1v) is 11.2. The van der Waals surface area contributed by atoms with Crippen LogP contribution in [0.3, 0.4) is 0 Å². The van der Waals surface area contributed by atoms with Crippen LogP contribution in [0.15, 0.2) is 78.9 Å². The third-order valence-corrected chi connectivity index (χ3v) is 6.05. The minimum absolute atomic E-state index is 0.0734. The van der Waals surface area contributed by atoms with Crippen LogP contribution in [-0.2, 0) is 22.6 Å². The van der Waals surface area contributed by atoms with Crippen LogP contribution in [-0.4, -0.2) is 39.0 Å². The molecule has 1 aliphatic heterocycles. The Bertz CT molecular complexity index is 1100. The van der Waals surface area contributed by atoms with Crippen molar-refractivity contribution in [2.75, 3.05) is 37.0 Å². The molecule has 3 aromatic rings. The van der Waals surface area contributed by atoms with Crippen LogP contribution in [0.25, 0.3) is 0 Å². The molecule has 1 heterocycles. The van der Waals surface area contributed by atoms with Gasteiger partial charge in [-0.3, -0.25) is 9.59 Å². The van der Waals surface area contributed by atoms with Crippen molar-refractivity contribution >= 4 is 23.2 Å². The third kappa shape index (κ3) is 5.34. The Morgan fingerprint density at radius 1 is 0.879 bits per heavy atom. The molecule has 0 saturated heterocycles. The molecule has 1 atom stereocenters. The molecule has 170 valence electrons. The second kappa shape index (κ2) is 10.2. The molecule has 0 aromatic heterocycles. The molecule has 4 rings (SSSR count). The summed E-state index contributed by atoms with van der Waals surface area (Å²) in [5.41, 5.74) is 5.65. The summed E-state index contributed by atoms with van der Waals surface area (Å²) in [6, 6.07) is 26.2. The summed E-state index contributed by atoms with van der Waals surface area (Å²) < 4.78 is 0. The zero-order valence-electron chi connectivity index (χ0n) is 19.1. The molecular formula is C27H30N4O2. The Labute approximate surface area is 195 Å². The molecule has 3 aromatic carbocycles. The first-order valence-electron chi connectivity index (χ1n) is 11.2. The molecule has 33 heavy (non-hydrogen) atoms. The SMILES string of the molecule is CN(C)c1ccc(C(CNC(=O)C(=O)NCc2ccccc2)N2CCc3ccccc32)cc1. The summed E-state index contributed by atoms with van der Waals surface area (Å²) in [6.07, 6.45) is 0.966. The van der Waals surface area contributed by atoms with Crippen molar-refractivity contribution < 1.29 is 9.59 Å². The largest absolute Gasteiger partial charge is 0.378 e. The lowest BCUT2D eigenvalue weighted by molar-refractivity contribution is -0.139. The fraction of sp³-hybridized carbons (Fsp3) is 0.259. The Morgan fingerprint density at radius 3 is 2.27 bits per heavy atom. The number of benzene rings is 3. The molecule has 0 saturated carbocycles. The second-order valence-corrected chi connectivity index (χ2v) is 8.45. The molecular weight excluding hydrogens is 412 g/mol. The molecule has 6 heteroatoms. The number of nitrogens with zero attached hydrogens (tertiary/aromatic N) is 2. The van der Waals surface area contributed by atoms with E-state index < -0.39 is 11.8 Å². The third-order valence-electron chi connectivity index (χ3n) is 6.05. The van der Waals surface area contributed by atoms with E-state index in [0.29, 0.717) is 13.1 Å². The fourth-order valence-corrected chi connectivity index (χ4v) is 4.22. The number of hydrogen-bond donors (Lipinski definition) is 2. The maximum atomic E-state index is 12.6. The summed E-state index contributed by atoms with van der Waals surface area (Å²) in [5.74, 6) is -1.24. The predicted octanol–water partition coefficient (Wildman–Crippen LogP) is 3.29. The number of hydrogen-bond acceptors (Lipinski definition) is 4. The monoisotopic (exact) mass is 442 g/mol. The highest BCUT2D eigenvalue weighted by molar-refractivity contribution is 6.35. The van der Waals surface area contributed by atoms with Crippen LogP contribution >= 0.6 is 0 Å². The van der Waals surface area contributed by atoms with Gasteiger partial charge in [0, 0.05) is 45.1 Å². The molecule has 1 aliphatic rings. The van der Waals surface area contributed by atoms with Gasteiger partial charge in [0.05, 0.1) is 6.04 Å². The second-order valence-electron chi connectivity index (χ2n) is 8.45. The van der Waals surface area contributed by atoms with Gasteiger partial charge in [0.25, 0.3) is 0 Å². The maximum absolute atomic E-state index is 12.6. The van der Waals surface area contributed by atoms with Gasteiger partial charge in [-0.15, -0.1) is 0 Å². The number of fused-ring (bicyclic) bond motifs is 1. The van der Waals surface area contributed by atoms with Gasteiger partial charge in [-0.1, -0.05) is 60.7 Å². The van der Waals surface area contributed by atoms with Crippen LogP contribution in [0.5, 0.6) is 0 Å². The number of rotatable bonds is 7. The quantitative estimate of drug-likeness (QED) is 0.551. The normalized spacial score (nSPS) is 13.2. The Balaban J connectivity index is 1.47. The van der Waals surface area contributed by atoms with Gasteiger partial charge in [0.2, 0.25) is 0 Å². The molecule has 1 unspecified atom stereocenters. The summed E-state index contributed by atoms with van der Waals surface area (Å²) in [6.45, 7) is 1.53. The van der Waals surface area contributed by atoms with E-state index in [9.17, 15) is 9.59 Å². The lowest BCUT2D eigenvalue weighted by Crippen LogP contribution is -2.43. The van der Waals surface area contributed by atoms with Crippen LogP contribution in [0, 0.1) is 0 Å². The molecule has 0 spiro atoms. The van der Waals surface area contributed by atoms with Gasteiger partial charge >= 0.3 is 11.8 Å². The van der Waals surface area contributed by atoms with Crippen LogP contribution < -0.4 is 20.4 Å². The molecule has 0 fully saturated rings. The number of nitrogens with one attached hydrogen (secondary N) is 2. The number of amides is 2. The van der Waals surface area contributed by atoms with Gasteiger partial charge in [0.15, 0.2) is 0 Å². The van der Waals surface area contributed by atoms with Crippen molar-refractivity contribution in [3.8, 4) is 0 Å². The highest BCUT2D eigenvalue weighted by atomic mass is 16.2. The number of anilines is 2. The summed E-state index contributed by atoms with van der Waals surface area (Å²) in [4.78, 5) is 29.3. The van der Waals surface area contributed by atoms with E-state index in [0.717, 1.165) is 29.8 Å². The van der Waals surface area contributed by atoms with Gasteiger partial charge < -0.3 is 20.4 Å². The van der Waals surface area contributed by atoms with Gasteiger partial charge in [-0.2, -0.15) is 0 Å². The van der Waals surface area contributed by atoms with E-state index in [2.05, 4.69) is 62.9 Å². The molecule has 2 amide bonds. The van der Waals surface area contributed by atoms with Crippen LogP contribution in [0.2, 0.25) is 0 Å².